The molecule has 0 N–H and O–H groups in total. The minimum Gasteiger partial charge on any atom is -0.457 e. The van der Waals surface area contributed by atoms with E-state index in [0.717, 1.165) is 10.6 Å². The third kappa shape index (κ3) is 4.18. The Balaban J connectivity index is 2.11. The largest absolute Gasteiger partial charge is 0.457 e. The number of ketones is 1. The van der Waals surface area contributed by atoms with Gasteiger partial charge in [-0.25, -0.2) is 0 Å². The van der Waals surface area contributed by atoms with Crippen molar-refractivity contribution in [1.29, 1.82) is 5.26 Å². The van der Waals surface area contributed by atoms with Gasteiger partial charge >= 0.3 is 5.97 Å². The van der Waals surface area contributed by atoms with Gasteiger partial charge in [-0.3, -0.25) is 9.59 Å². The summed E-state index contributed by atoms with van der Waals surface area (Å²) >= 11 is 1.37. The number of esters is 1. The Kier molecular flexibility index (Phi) is 5.35. The highest BCUT2D eigenvalue weighted by Crippen LogP contribution is 2.46. The van der Waals surface area contributed by atoms with E-state index in [0.29, 0.717) is 5.03 Å². The molecule has 0 saturated heterocycles. The maximum absolute atomic E-state index is 12.3. The van der Waals surface area contributed by atoms with Crippen molar-refractivity contribution in [2.45, 2.75) is 32.1 Å². The summed E-state index contributed by atoms with van der Waals surface area (Å²) in [6.07, 6.45) is 0.221. The number of nitriles is 1. The van der Waals surface area contributed by atoms with Gasteiger partial charge in [-0.15, -0.1) is 0 Å². The van der Waals surface area contributed by atoms with Crippen LogP contribution < -0.4 is 4.90 Å². The van der Waals surface area contributed by atoms with Crippen molar-refractivity contribution >= 4 is 29.2 Å². The number of hydrogen-bond donors (Lipinski definition) is 0. The SMILES string of the molecule is CN1/C(=C(\C#N)C(=O)COC(=O)CC(C)(C)C)Sc2ccccc21. The molecule has 0 amide bonds. The van der Waals surface area contributed by atoms with E-state index >= 15 is 0 Å². The number of carbonyl (C=O) groups is 2. The topological polar surface area (TPSA) is 70.4 Å². The zero-order valence-electron chi connectivity index (χ0n) is 14.3. The normalized spacial score (nSPS) is 15.5. The number of fused-ring (bicyclic) bond motifs is 1. The van der Waals surface area contributed by atoms with Crippen LogP contribution in [0.2, 0.25) is 0 Å². The van der Waals surface area contributed by atoms with Crippen LogP contribution in [0.15, 0.2) is 39.8 Å². The van der Waals surface area contributed by atoms with Crippen LogP contribution in [0.5, 0.6) is 0 Å². The van der Waals surface area contributed by atoms with E-state index in [1.165, 1.54) is 11.8 Å². The van der Waals surface area contributed by atoms with Crippen LogP contribution >= 0.6 is 11.8 Å². The van der Waals surface area contributed by atoms with Crippen molar-refractivity contribution in [3.63, 3.8) is 0 Å². The van der Waals surface area contributed by atoms with Gasteiger partial charge in [0.15, 0.2) is 6.61 Å². The lowest BCUT2D eigenvalue weighted by Gasteiger charge is -2.17. The molecule has 126 valence electrons. The Labute approximate surface area is 146 Å². The lowest BCUT2D eigenvalue weighted by atomic mass is 9.92. The minimum atomic E-state index is -0.484. The molecule has 5 nitrogen and oxygen atoms in total. The van der Waals surface area contributed by atoms with Gasteiger partial charge in [-0.1, -0.05) is 44.7 Å². The van der Waals surface area contributed by atoms with E-state index in [1.54, 1.807) is 0 Å². The highest BCUT2D eigenvalue weighted by Gasteiger charge is 2.28. The zero-order valence-corrected chi connectivity index (χ0v) is 15.1. The van der Waals surface area contributed by atoms with Crippen LogP contribution in [-0.2, 0) is 14.3 Å². The van der Waals surface area contributed by atoms with Crippen molar-refractivity contribution in [1.82, 2.24) is 0 Å². The second-order valence-electron chi connectivity index (χ2n) is 6.74. The Bertz CT molecular complexity index is 741. The molecule has 0 aromatic heterocycles. The molecule has 0 radical (unpaired) electrons. The predicted octanol–water partition coefficient (Wildman–Crippen LogP) is 3.51. The summed E-state index contributed by atoms with van der Waals surface area (Å²) in [6.45, 7) is 5.34. The standard InChI is InChI=1S/C18H20N2O3S/c1-18(2,3)9-16(22)23-11-14(21)12(10-19)17-20(4)13-7-5-6-8-15(13)24-17/h5-8H,9,11H2,1-4H3/b17-12-. The van der Waals surface area contributed by atoms with Crippen LogP contribution in [0.25, 0.3) is 0 Å². The molecule has 0 atom stereocenters. The monoisotopic (exact) mass is 344 g/mol. The van der Waals surface area contributed by atoms with Gasteiger partial charge in [0.05, 0.1) is 12.1 Å². The number of benzene rings is 1. The summed E-state index contributed by atoms with van der Waals surface area (Å²) in [5.41, 5.74) is 0.754. The van der Waals surface area contributed by atoms with Gasteiger partial charge in [-0.2, -0.15) is 5.26 Å². The van der Waals surface area contributed by atoms with Crippen molar-refractivity contribution in [3.8, 4) is 6.07 Å². The highest BCUT2D eigenvalue weighted by atomic mass is 32.2. The highest BCUT2D eigenvalue weighted by molar-refractivity contribution is 8.03. The number of Topliss-reactive ketones (excluding diaryl/α,β-unsaturated/α-hetero) is 1. The molecule has 6 heteroatoms. The summed E-state index contributed by atoms with van der Waals surface area (Å²) in [5, 5.41) is 9.96. The fourth-order valence-corrected chi connectivity index (χ4v) is 3.41. The molecule has 0 unspecified atom stereocenters. The third-order valence-corrected chi connectivity index (χ3v) is 4.62. The molecule has 1 heterocycles. The number of ether oxygens (including phenoxy) is 1. The van der Waals surface area contributed by atoms with E-state index in [4.69, 9.17) is 4.74 Å². The molecule has 1 aliphatic heterocycles. The van der Waals surface area contributed by atoms with E-state index in [9.17, 15) is 14.9 Å². The van der Waals surface area contributed by atoms with Crippen LogP contribution in [0.1, 0.15) is 27.2 Å². The molecule has 2 rings (SSSR count). The molecule has 1 aliphatic rings. The maximum Gasteiger partial charge on any atom is 0.306 e. The summed E-state index contributed by atoms with van der Waals surface area (Å²) in [6, 6.07) is 9.63. The molecule has 1 aromatic carbocycles. The molecule has 0 spiro atoms. The summed E-state index contributed by atoms with van der Waals surface area (Å²) < 4.78 is 5.03. The molecule has 0 aliphatic carbocycles. The predicted molar refractivity (Wildman–Crippen MR) is 93.4 cm³/mol. The lowest BCUT2D eigenvalue weighted by Crippen LogP contribution is -2.22. The summed E-state index contributed by atoms with van der Waals surface area (Å²) in [5.74, 6) is -0.921. The van der Waals surface area contributed by atoms with E-state index < -0.39 is 18.4 Å². The number of anilines is 1. The fourth-order valence-electron chi connectivity index (χ4n) is 2.25. The van der Waals surface area contributed by atoms with Gasteiger partial charge < -0.3 is 9.64 Å². The van der Waals surface area contributed by atoms with E-state index in [2.05, 4.69) is 0 Å². The van der Waals surface area contributed by atoms with Crippen LogP contribution in [0.3, 0.4) is 0 Å². The van der Waals surface area contributed by atoms with Gasteiger partial charge in [0, 0.05) is 11.9 Å². The summed E-state index contributed by atoms with van der Waals surface area (Å²) in [4.78, 5) is 26.9. The maximum atomic E-state index is 12.3. The smallest absolute Gasteiger partial charge is 0.306 e. The Morgan fingerprint density at radius 2 is 1.96 bits per heavy atom. The second-order valence-corrected chi connectivity index (χ2v) is 7.77. The molecular weight excluding hydrogens is 324 g/mol. The number of rotatable bonds is 4. The number of nitrogens with zero attached hydrogens (tertiary/aromatic N) is 2. The van der Waals surface area contributed by atoms with E-state index in [1.807, 2.05) is 63.1 Å². The lowest BCUT2D eigenvalue weighted by molar-refractivity contribution is -0.148. The first-order valence-electron chi connectivity index (χ1n) is 7.57. The van der Waals surface area contributed by atoms with Crippen LogP contribution in [-0.4, -0.2) is 25.4 Å². The quantitative estimate of drug-likeness (QED) is 0.473. The average molecular weight is 344 g/mol. The minimum absolute atomic E-state index is 0.0160. The van der Waals surface area contributed by atoms with Gasteiger partial charge in [0.25, 0.3) is 0 Å². The first kappa shape index (κ1) is 18.1. The molecule has 0 saturated carbocycles. The van der Waals surface area contributed by atoms with Crippen LogP contribution in [0, 0.1) is 16.7 Å². The first-order valence-corrected chi connectivity index (χ1v) is 8.38. The number of thioether (sulfide) groups is 1. The fraction of sp³-hybridized carbons (Fsp3) is 0.389. The van der Waals surface area contributed by atoms with Gasteiger partial charge in [-0.05, 0) is 17.5 Å². The summed E-state index contributed by atoms with van der Waals surface area (Å²) in [7, 11) is 1.81. The van der Waals surface area contributed by atoms with Gasteiger partial charge in [0.2, 0.25) is 5.78 Å². The molecule has 0 bridgehead atoms. The van der Waals surface area contributed by atoms with Crippen molar-refractivity contribution in [2.75, 3.05) is 18.6 Å². The Morgan fingerprint density at radius 1 is 1.29 bits per heavy atom. The third-order valence-electron chi connectivity index (χ3n) is 3.38. The molecule has 1 aromatic rings. The Morgan fingerprint density at radius 3 is 2.54 bits per heavy atom. The van der Waals surface area contributed by atoms with Crippen molar-refractivity contribution < 1.29 is 14.3 Å². The van der Waals surface area contributed by atoms with Crippen LogP contribution in [0.4, 0.5) is 5.69 Å². The molecular formula is C18H20N2O3S. The van der Waals surface area contributed by atoms with Gasteiger partial charge in [0.1, 0.15) is 16.7 Å². The average Bonchev–Trinajstić information content (AvgIpc) is 2.82. The number of carbonyl (C=O) groups excluding carboxylic acids is 2. The second kappa shape index (κ2) is 7.10. The molecule has 24 heavy (non-hydrogen) atoms. The van der Waals surface area contributed by atoms with E-state index in [-0.39, 0.29) is 17.4 Å². The Hall–Kier alpha value is -2.26. The van der Waals surface area contributed by atoms with Crippen molar-refractivity contribution in [3.05, 3.63) is 34.9 Å². The zero-order chi connectivity index (χ0) is 17.9. The first-order chi connectivity index (χ1) is 11.2. The van der Waals surface area contributed by atoms with Crippen molar-refractivity contribution in [2.24, 2.45) is 5.41 Å². The molecule has 0 fully saturated rings. The number of hydrogen-bond acceptors (Lipinski definition) is 6. The number of para-hydroxylation sites is 1.